The van der Waals surface area contributed by atoms with Crippen molar-refractivity contribution in [2.75, 3.05) is 5.73 Å². The topological polar surface area (TPSA) is 77.8 Å². The summed E-state index contributed by atoms with van der Waals surface area (Å²) in [6.45, 7) is 0. The highest BCUT2D eigenvalue weighted by molar-refractivity contribution is 7.13. The molecule has 0 amide bonds. The molecule has 0 unspecified atom stereocenters. The van der Waals surface area contributed by atoms with Gasteiger partial charge in [0.1, 0.15) is 12.0 Å². The van der Waals surface area contributed by atoms with Crippen molar-refractivity contribution in [1.82, 2.24) is 15.1 Å². The Balaban J connectivity index is 2.20. The molecular formula is C11H8N4OS. The molecule has 0 fully saturated rings. The van der Waals surface area contributed by atoms with Crippen LogP contribution in [-0.2, 0) is 0 Å². The van der Waals surface area contributed by atoms with E-state index in [1.807, 2.05) is 17.5 Å². The van der Waals surface area contributed by atoms with Gasteiger partial charge in [-0.05, 0) is 11.4 Å². The average Bonchev–Trinajstić information content (AvgIpc) is 2.99. The standard InChI is InChI=1S/C11H8N4OS/c12-11-9(8-2-1-3-17-8)10(15-16-11)7-4-13-6-14-5-7/h1-6H,12H2. The van der Waals surface area contributed by atoms with Gasteiger partial charge < -0.3 is 10.3 Å². The maximum absolute atomic E-state index is 5.81. The van der Waals surface area contributed by atoms with Crippen molar-refractivity contribution < 1.29 is 4.52 Å². The van der Waals surface area contributed by atoms with E-state index < -0.39 is 0 Å². The van der Waals surface area contributed by atoms with E-state index in [0.29, 0.717) is 11.6 Å². The third-order valence-corrected chi connectivity index (χ3v) is 3.21. The molecule has 3 heterocycles. The summed E-state index contributed by atoms with van der Waals surface area (Å²) < 4.78 is 5.05. The van der Waals surface area contributed by atoms with Crippen LogP contribution in [0.5, 0.6) is 0 Å². The van der Waals surface area contributed by atoms with Crippen LogP contribution in [0.4, 0.5) is 5.88 Å². The molecule has 17 heavy (non-hydrogen) atoms. The molecule has 0 saturated heterocycles. The van der Waals surface area contributed by atoms with Crippen LogP contribution in [0, 0.1) is 0 Å². The summed E-state index contributed by atoms with van der Waals surface area (Å²) in [6.07, 6.45) is 4.83. The number of nitrogens with zero attached hydrogens (tertiary/aromatic N) is 3. The van der Waals surface area contributed by atoms with E-state index in [1.165, 1.54) is 6.33 Å². The lowest BCUT2D eigenvalue weighted by Crippen LogP contribution is -1.87. The summed E-state index contributed by atoms with van der Waals surface area (Å²) in [4.78, 5) is 8.94. The van der Waals surface area contributed by atoms with Gasteiger partial charge in [0.15, 0.2) is 0 Å². The molecule has 0 spiro atoms. The Labute approximate surface area is 101 Å². The van der Waals surface area contributed by atoms with E-state index in [1.54, 1.807) is 23.7 Å². The molecule has 0 saturated carbocycles. The van der Waals surface area contributed by atoms with Crippen molar-refractivity contribution in [2.24, 2.45) is 0 Å². The Morgan fingerprint density at radius 2 is 2.06 bits per heavy atom. The highest BCUT2D eigenvalue weighted by atomic mass is 32.1. The van der Waals surface area contributed by atoms with Crippen LogP contribution in [-0.4, -0.2) is 15.1 Å². The van der Waals surface area contributed by atoms with Crippen molar-refractivity contribution in [3.05, 3.63) is 36.2 Å². The SMILES string of the molecule is Nc1onc(-c2cncnc2)c1-c1cccs1. The quantitative estimate of drug-likeness (QED) is 0.749. The number of hydrogen-bond donors (Lipinski definition) is 1. The Morgan fingerprint density at radius 3 is 2.76 bits per heavy atom. The fourth-order valence-corrected chi connectivity index (χ4v) is 2.36. The second kappa shape index (κ2) is 3.99. The number of aromatic nitrogens is 3. The van der Waals surface area contributed by atoms with Gasteiger partial charge in [0.2, 0.25) is 5.88 Å². The molecule has 0 bridgehead atoms. The van der Waals surface area contributed by atoms with E-state index >= 15 is 0 Å². The van der Waals surface area contributed by atoms with Gasteiger partial charge in [-0.1, -0.05) is 11.2 Å². The Bertz CT molecular complexity index is 618. The summed E-state index contributed by atoms with van der Waals surface area (Å²) >= 11 is 1.58. The summed E-state index contributed by atoms with van der Waals surface area (Å²) in [5, 5.41) is 5.95. The third kappa shape index (κ3) is 1.68. The predicted molar refractivity (Wildman–Crippen MR) is 65.3 cm³/mol. The molecule has 3 aromatic heterocycles. The van der Waals surface area contributed by atoms with E-state index in [0.717, 1.165) is 16.0 Å². The van der Waals surface area contributed by atoms with Gasteiger partial charge in [0, 0.05) is 22.8 Å². The molecule has 0 radical (unpaired) electrons. The second-order valence-electron chi connectivity index (χ2n) is 3.37. The van der Waals surface area contributed by atoms with Gasteiger partial charge in [-0.2, -0.15) is 0 Å². The zero-order valence-corrected chi connectivity index (χ0v) is 9.52. The van der Waals surface area contributed by atoms with Gasteiger partial charge in [-0.3, -0.25) is 0 Å². The lowest BCUT2D eigenvalue weighted by Gasteiger charge is -1.98. The molecule has 84 valence electrons. The maximum Gasteiger partial charge on any atom is 0.231 e. The van der Waals surface area contributed by atoms with Crippen molar-refractivity contribution in [3.8, 4) is 21.7 Å². The third-order valence-electron chi connectivity index (χ3n) is 2.32. The summed E-state index contributed by atoms with van der Waals surface area (Å²) in [7, 11) is 0. The smallest absolute Gasteiger partial charge is 0.231 e. The Kier molecular flexibility index (Phi) is 2.34. The number of nitrogen functional groups attached to an aromatic ring is 1. The van der Waals surface area contributed by atoms with Crippen LogP contribution < -0.4 is 5.73 Å². The van der Waals surface area contributed by atoms with Crippen LogP contribution in [0.15, 0.2) is 40.8 Å². The average molecular weight is 244 g/mol. The Hall–Kier alpha value is -2.21. The molecule has 6 heteroatoms. The minimum atomic E-state index is 0.311. The van der Waals surface area contributed by atoms with Crippen molar-refractivity contribution in [2.45, 2.75) is 0 Å². The summed E-state index contributed by atoms with van der Waals surface area (Å²) in [5.41, 5.74) is 8.07. The molecule has 0 aliphatic heterocycles. The van der Waals surface area contributed by atoms with Gasteiger partial charge in [-0.15, -0.1) is 11.3 Å². The second-order valence-corrected chi connectivity index (χ2v) is 4.32. The highest BCUT2D eigenvalue weighted by Gasteiger charge is 2.18. The first kappa shape index (κ1) is 9.98. The first-order valence-electron chi connectivity index (χ1n) is 4.90. The normalized spacial score (nSPS) is 10.6. The Morgan fingerprint density at radius 1 is 1.24 bits per heavy atom. The zero-order valence-electron chi connectivity index (χ0n) is 8.70. The number of hydrogen-bond acceptors (Lipinski definition) is 6. The number of rotatable bonds is 2. The summed E-state index contributed by atoms with van der Waals surface area (Å²) in [6, 6.07) is 3.93. The predicted octanol–water partition coefficient (Wildman–Crippen LogP) is 2.44. The number of anilines is 1. The van der Waals surface area contributed by atoms with Crippen LogP contribution in [0.3, 0.4) is 0 Å². The van der Waals surface area contributed by atoms with Gasteiger partial charge >= 0.3 is 0 Å². The molecule has 0 aromatic carbocycles. The first-order valence-corrected chi connectivity index (χ1v) is 5.78. The van der Waals surface area contributed by atoms with E-state index in [9.17, 15) is 0 Å². The minimum Gasteiger partial charge on any atom is -0.367 e. The molecule has 3 aromatic rings. The molecule has 5 nitrogen and oxygen atoms in total. The van der Waals surface area contributed by atoms with Crippen molar-refractivity contribution >= 4 is 17.2 Å². The largest absolute Gasteiger partial charge is 0.367 e. The number of nitrogens with two attached hydrogens (primary N) is 1. The monoisotopic (exact) mass is 244 g/mol. The van der Waals surface area contributed by atoms with E-state index in [2.05, 4.69) is 15.1 Å². The minimum absolute atomic E-state index is 0.311. The van der Waals surface area contributed by atoms with Gasteiger partial charge in [0.25, 0.3) is 0 Å². The van der Waals surface area contributed by atoms with Crippen LogP contribution in [0.1, 0.15) is 0 Å². The highest BCUT2D eigenvalue weighted by Crippen LogP contribution is 2.37. The van der Waals surface area contributed by atoms with Crippen LogP contribution in [0.2, 0.25) is 0 Å². The molecule has 2 N–H and O–H groups in total. The van der Waals surface area contributed by atoms with Crippen molar-refractivity contribution in [1.29, 1.82) is 0 Å². The van der Waals surface area contributed by atoms with Crippen molar-refractivity contribution in [3.63, 3.8) is 0 Å². The zero-order chi connectivity index (χ0) is 11.7. The maximum atomic E-state index is 5.81. The molecule has 3 rings (SSSR count). The molecule has 0 aliphatic rings. The molecule has 0 aliphatic carbocycles. The number of thiophene rings is 1. The lowest BCUT2D eigenvalue weighted by atomic mass is 10.1. The van der Waals surface area contributed by atoms with Crippen LogP contribution >= 0.6 is 11.3 Å². The van der Waals surface area contributed by atoms with E-state index in [-0.39, 0.29) is 0 Å². The fourth-order valence-electron chi connectivity index (χ4n) is 1.58. The summed E-state index contributed by atoms with van der Waals surface area (Å²) in [5.74, 6) is 0.311. The van der Waals surface area contributed by atoms with Gasteiger partial charge in [-0.25, -0.2) is 9.97 Å². The van der Waals surface area contributed by atoms with E-state index in [4.69, 9.17) is 10.3 Å². The van der Waals surface area contributed by atoms with Crippen LogP contribution in [0.25, 0.3) is 21.7 Å². The molecular weight excluding hydrogens is 236 g/mol. The molecule has 0 atom stereocenters. The van der Waals surface area contributed by atoms with Gasteiger partial charge in [0.05, 0.1) is 5.56 Å². The first-order chi connectivity index (χ1) is 8.36. The fraction of sp³-hybridized carbons (Fsp3) is 0. The lowest BCUT2D eigenvalue weighted by molar-refractivity contribution is 0.439.